The number of nitrogens with zero attached hydrogens (tertiary/aromatic N) is 2. The van der Waals surface area contributed by atoms with Crippen molar-refractivity contribution in [2.45, 2.75) is 129 Å². The fourth-order valence-corrected chi connectivity index (χ4v) is 8.06. The van der Waals surface area contributed by atoms with Crippen LogP contribution in [0.25, 0.3) is 0 Å². The Kier molecular flexibility index (Phi) is 8.63. The first-order chi connectivity index (χ1) is 20.7. The van der Waals surface area contributed by atoms with E-state index in [-0.39, 0.29) is 23.0 Å². The number of pyridine rings is 2. The molecule has 3 aliphatic rings. The molecule has 1 aliphatic carbocycles. The molecule has 2 aliphatic heterocycles. The van der Waals surface area contributed by atoms with Crippen molar-refractivity contribution >= 4 is 14.3 Å². The Morgan fingerprint density at radius 1 is 1.09 bits per heavy atom. The molecule has 0 radical (unpaired) electrons. The minimum Gasteiger partial charge on any atom is -0.455 e. The monoisotopic (exact) mass is 648 g/mol. The third-order valence-electron chi connectivity index (χ3n) is 10.1. The molecule has 5 rings (SSSR count). The lowest BCUT2D eigenvalue weighted by atomic mass is 9.68. The maximum Gasteiger partial charge on any atom is 0.417 e. The first-order valence-corrected chi connectivity index (χ1v) is 18.8. The van der Waals surface area contributed by atoms with Crippen LogP contribution in [0.15, 0.2) is 18.3 Å². The second-order valence-corrected chi connectivity index (χ2v) is 20.1. The molecule has 11 heteroatoms. The summed E-state index contributed by atoms with van der Waals surface area (Å²) in [5, 5.41) is -0.0714. The van der Waals surface area contributed by atoms with Crippen LogP contribution in [0.3, 0.4) is 0 Å². The van der Waals surface area contributed by atoms with Crippen LogP contribution in [0, 0.1) is 5.41 Å². The van der Waals surface area contributed by atoms with Gasteiger partial charge in [0.2, 0.25) is 0 Å². The van der Waals surface area contributed by atoms with Crippen molar-refractivity contribution in [3.05, 3.63) is 57.7 Å². The highest BCUT2D eigenvalue weighted by Gasteiger charge is 2.56. The highest BCUT2D eigenvalue weighted by atomic mass is 28.4. The smallest absolute Gasteiger partial charge is 0.417 e. The van der Waals surface area contributed by atoms with Gasteiger partial charge in [0.05, 0.1) is 28.7 Å². The van der Waals surface area contributed by atoms with E-state index >= 15 is 0 Å². The zero-order valence-corrected chi connectivity index (χ0v) is 29.1. The van der Waals surface area contributed by atoms with Gasteiger partial charge in [0, 0.05) is 61.4 Å². The lowest BCUT2D eigenvalue weighted by molar-refractivity contribution is -0.156. The summed E-state index contributed by atoms with van der Waals surface area (Å²) in [6.07, 6.45) is -3.63. The zero-order valence-electron chi connectivity index (χ0n) is 28.1. The van der Waals surface area contributed by atoms with E-state index in [1.165, 1.54) is 13.0 Å². The van der Waals surface area contributed by atoms with Crippen molar-refractivity contribution in [1.29, 1.82) is 0 Å². The third kappa shape index (κ3) is 6.10. The Balaban J connectivity index is 1.83. The number of hydrogen-bond donors (Lipinski definition) is 0. The van der Waals surface area contributed by atoms with Gasteiger partial charge in [0.1, 0.15) is 12.2 Å². The Hall–Kier alpha value is -2.34. The van der Waals surface area contributed by atoms with Crippen molar-refractivity contribution in [3.8, 4) is 0 Å². The SMILES string of the molecule is CC(=O)O[C@@H]1c2nc(C(C)C)c3c(c2C(O[Si](C)(C)C(C)(C)C)CC1(C)C)C1(CCOCC1)O[C@@H]3c1ccc(C(F)(F)F)cn1. The summed E-state index contributed by atoms with van der Waals surface area (Å²) in [5.41, 5.74) is 2.43. The molecule has 248 valence electrons. The number of carbonyl (C=O) groups is 1. The Morgan fingerprint density at radius 2 is 1.73 bits per heavy atom. The van der Waals surface area contributed by atoms with Crippen LogP contribution in [-0.2, 0) is 35.2 Å². The third-order valence-corrected chi connectivity index (χ3v) is 14.6. The normalized spacial score (nSPS) is 24.4. The maximum absolute atomic E-state index is 13.5. The van der Waals surface area contributed by atoms with Gasteiger partial charge in [-0.25, -0.2) is 0 Å². The molecule has 7 nitrogen and oxygen atoms in total. The van der Waals surface area contributed by atoms with Gasteiger partial charge in [-0.3, -0.25) is 14.8 Å². The van der Waals surface area contributed by atoms with Gasteiger partial charge in [-0.05, 0) is 48.2 Å². The van der Waals surface area contributed by atoms with Gasteiger partial charge in [-0.1, -0.05) is 48.5 Å². The number of esters is 1. The lowest BCUT2D eigenvalue weighted by Gasteiger charge is -2.48. The molecule has 0 aromatic carbocycles. The number of aromatic nitrogens is 2. The highest BCUT2D eigenvalue weighted by Crippen LogP contribution is 2.61. The van der Waals surface area contributed by atoms with E-state index in [9.17, 15) is 18.0 Å². The Morgan fingerprint density at radius 3 is 2.24 bits per heavy atom. The van der Waals surface area contributed by atoms with Gasteiger partial charge in [-0.2, -0.15) is 13.2 Å². The summed E-state index contributed by atoms with van der Waals surface area (Å²) in [4.78, 5) is 22.1. The Bertz CT molecular complexity index is 1440. The summed E-state index contributed by atoms with van der Waals surface area (Å²) < 4.78 is 66.6. The lowest BCUT2D eigenvalue weighted by Crippen LogP contribution is -2.46. The van der Waals surface area contributed by atoms with Crippen LogP contribution in [0.1, 0.15) is 138 Å². The molecule has 0 bridgehead atoms. The molecule has 0 saturated carbocycles. The molecule has 2 aromatic rings. The van der Waals surface area contributed by atoms with E-state index in [0.717, 1.165) is 34.6 Å². The van der Waals surface area contributed by atoms with E-state index in [1.54, 1.807) is 0 Å². The molecule has 45 heavy (non-hydrogen) atoms. The van der Waals surface area contributed by atoms with Crippen molar-refractivity contribution < 1.29 is 36.6 Å². The average molecular weight is 649 g/mol. The van der Waals surface area contributed by atoms with E-state index in [4.69, 9.17) is 23.6 Å². The van der Waals surface area contributed by atoms with Crippen LogP contribution < -0.4 is 0 Å². The van der Waals surface area contributed by atoms with Crippen LogP contribution >= 0.6 is 0 Å². The van der Waals surface area contributed by atoms with Crippen molar-refractivity contribution in [1.82, 2.24) is 9.97 Å². The first kappa shape index (κ1) is 34.0. The number of fused-ring (bicyclic) bond motifs is 4. The molecule has 1 fully saturated rings. The van der Waals surface area contributed by atoms with Crippen molar-refractivity contribution in [2.75, 3.05) is 13.2 Å². The maximum atomic E-state index is 13.5. The molecular weight excluding hydrogens is 601 g/mol. The second-order valence-electron chi connectivity index (χ2n) is 15.4. The first-order valence-electron chi connectivity index (χ1n) is 15.9. The molecule has 1 saturated heterocycles. The molecule has 1 unspecified atom stereocenters. The number of carbonyl (C=O) groups excluding carboxylic acids is 1. The Labute approximate surface area is 265 Å². The number of halogens is 3. The van der Waals surface area contributed by atoms with Gasteiger partial charge in [0.25, 0.3) is 0 Å². The predicted molar refractivity (Wildman–Crippen MR) is 166 cm³/mol. The van der Waals surface area contributed by atoms with E-state index in [0.29, 0.717) is 43.9 Å². The van der Waals surface area contributed by atoms with Gasteiger partial charge in [0.15, 0.2) is 8.32 Å². The van der Waals surface area contributed by atoms with Crippen LogP contribution in [0.4, 0.5) is 13.2 Å². The molecule has 1 spiro atoms. The molecular formula is C34H47F3N2O5Si. The molecule has 4 heterocycles. The fourth-order valence-electron chi connectivity index (χ4n) is 6.79. The molecule has 0 amide bonds. The summed E-state index contributed by atoms with van der Waals surface area (Å²) in [7, 11) is -2.33. The predicted octanol–water partition coefficient (Wildman–Crippen LogP) is 8.84. The van der Waals surface area contributed by atoms with Crippen molar-refractivity contribution in [2.24, 2.45) is 5.41 Å². The van der Waals surface area contributed by atoms with E-state index in [1.807, 2.05) is 13.8 Å². The number of ether oxygens (including phenoxy) is 3. The van der Waals surface area contributed by atoms with Crippen LogP contribution in [-0.4, -0.2) is 37.5 Å². The topological polar surface area (TPSA) is 79.8 Å². The van der Waals surface area contributed by atoms with E-state index < -0.39 is 43.3 Å². The number of rotatable bonds is 5. The van der Waals surface area contributed by atoms with Gasteiger partial charge in [-0.15, -0.1) is 0 Å². The minimum absolute atomic E-state index is 0.0673. The summed E-state index contributed by atoms with van der Waals surface area (Å²) in [5.74, 6) is -0.456. The minimum atomic E-state index is -4.50. The highest BCUT2D eigenvalue weighted by molar-refractivity contribution is 6.74. The fraction of sp³-hybridized carbons (Fsp3) is 0.676. The zero-order chi connectivity index (χ0) is 33.3. The molecule has 3 atom stereocenters. The summed E-state index contributed by atoms with van der Waals surface area (Å²) >= 11 is 0. The van der Waals surface area contributed by atoms with Gasteiger partial charge >= 0.3 is 12.1 Å². The number of hydrogen-bond acceptors (Lipinski definition) is 7. The van der Waals surface area contributed by atoms with Crippen LogP contribution in [0.2, 0.25) is 18.1 Å². The molecule has 2 aromatic heterocycles. The summed E-state index contributed by atoms with van der Waals surface area (Å²) in [6, 6.07) is 2.47. The van der Waals surface area contributed by atoms with Gasteiger partial charge < -0.3 is 18.6 Å². The van der Waals surface area contributed by atoms with Crippen molar-refractivity contribution in [3.63, 3.8) is 0 Å². The average Bonchev–Trinajstić information content (AvgIpc) is 3.23. The number of alkyl halides is 3. The second kappa shape index (κ2) is 11.4. The largest absolute Gasteiger partial charge is 0.455 e. The molecule has 0 N–H and O–H groups in total. The van der Waals surface area contributed by atoms with E-state index in [2.05, 4.69) is 52.7 Å². The summed E-state index contributed by atoms with van der Waals surface area (Å²) in [6.45, 7) is 21.7. The quantitative estimate of drug-likeness (QED) is 0.237. The van der Waals surface area contributed by atoms with Crippen LogP contribution in [0.5, 0.6) is 0 Å². The standard InChI is InChI=1S/C34H47F3N2O5Si/c1-19(2)27-25-26(33(13-15-41-16-14-33)43-29(25)22-12-11-21(18-38-22)34(35,36)37)24-23(44-45(9,10)31(4,5)6)17-32(7,8)30(28(24)39-27)42-20(3)40/h11-12,18-19,23,29-30H,13-17H2,1-10H3/t23?,29-,30-/m1/s1.